The zero-order valence-corrected chi connectivity index (χ0v) is 12.2. The highest BCUT2D eigenvalue weighted by Crippen LogP contribution is 2.11. The van der Waals surface area contributed by atoms with Crippen LogP contribution in [0.25, 0.3) is 0 Å². The average Bonchev–Trinajstić information content (AvgIpc) is 2.42. The van der Waals surface area contributed by atoms with Crippen LogP contribution in [0.15, 0.2) is 24.3 Å². The normalized spacial score (nSPS) is 23.3. The highest BCUT2D eigenvalue weighted by Gasteiger charge is 2.22. The number of hydrogen-bond acceptors (Lipinski definition) is 2. The zero-order chi connectivity index (χ0) is 13.7. The molecule has 0 bridgehead atoms. The first kappa shape index (κ1) is 14.3. The lowest BCUT2D eigenvalue weighted by atomic mass is 10.1. The van der Waals surface area contributed by atoms with E-state index in [9.17, 15) is 0 Å². The summed E-state index contributed by atoms with van der Waals surface area (Å²) in [6, 6.07) is 8.88. The maximum absolute atomic E-state index is 8.96. The summed E-state index contributed by atoms with van der Waals surface area (Å²) in [5.74, 6) is 0. The van der Waals surface area contributed by atoms with Crippen molar-refractivity contribution in [1.29, 1.82) is 0 Å². The van der Waals surface area contributed by atoms with Gasteiger partial charge in [0.15, 0.2) is 0 Å². The molecule has 1 saturated heterocycles. The molecular weight excluding hydrogens is 238 g/mol. The number of piperazine rings is 1. The SMILES string of the molecule is CN(C)c1ccc(C[NH+]2CC[NH+](CCO)CC2)cc1. The molecule has 3 N–H and O–H groups in total. The molecule has 4 nitrogen and oxygen atoms in total. The second-order valence-electron chi connectivity index (χ2n) is 5.71. The van der Waals surface area contributed by atoms with Crippen molar-refractivity contribution in [2.24, 2.45) is 0 Å². The lowest BCUT2D eigenvalue weighted by molar-refractivity contribution is -1.02. The number of aliphatic hydroxyl groups excluding tert-OH is 1. The molecule has 4 heteroatoms. The molecule has 19 heavy (non-hydrogen) atoms. The monoisotopic (exact) mass is 265 g/mol. The summed E-state index contributed by atoms with van der Waals surface area (Å²) in [4.78, 5) is 5.35. The van der Waals surface area contributed by atoms with Crippen LogP contribution < -0.4 is 14.7 Å². The third-order valence-corrected chi connectivity index (χ3v) is 4.04. The first-order valence-electron chi connectivity index (χ1n) is 7.23. The predicted molar refractivity (Wildman–Crippen MR) is 77.8 cm³/mol. The molecule has 1 aromatic carbocycles. The van der Waals surface area contributed by atoms with Crippen molar-refractivity contribution in [3.8, 4) is 0 Å². The molecule has 0 saturated carbocycles. The van der Waals surface area contributed by atoms with Crippen molar-refractivity contribution < 1.29 is 14.9 Å². The van der Waals surface area contributed by atoms with Crippen LogP contribution in [-0.4, -0.2) is 58.5 Å². The summed E-state index contributed by atoms with van der Waals surface area (Å²) < 4.78 is 0. The molecule has 1 aliphatic heterocycles. The van der Waals surface area contributed by atoms with Crippen LogP contribution in [0.4, 0.5) is 5.69 Å². The van der Waals surface area contributed by atoms with Crippen molar-refractivity contribution in [2.45, 2.75) is 6.54 Å². The van der Waals surface area contributed by atoms with Gasteiger partial charge in [-0.3, -0.25) is 0 Å². The van der Waals surface area contributed by atoms with E-state index in [2.05, 4.69) is 43.3 Å². The Kier molecular flexibility index (Phi) is 5.19. The maximum atomic E-state index is 8.96. The van der Waals surface area contributed by atoms with Crippen LogP contribution in [0.3, 0.4) is 0 Å². The molecular formula is C15H27N3O+2. The molecule has 0 aliphatic carbocycles. The number of benzene rings is 1. The Bertz CT molecular complexity index is 369. The molecule has 0 atom stereocenters. The minimum Gasteiger partial charge on any atom is -0.391 e. The first-order chi connectivity index (χ1) is 9.19. The first-order valence-corrected chi connectivity index (χ1v) is 7.23. The number of rotatable bonds is 5. The van der Waals surface area contributed by atoms with E-state index in [1.54, 1.807) is 9.80 Å². The van der Waals surface area contributed by atoms with E-state index in [-0.39, 0.29) is 0 Å². The molecule has 0 amide bonds. The van der Waals surface area contributed by atoms with Gasteiger partial charge in [0.25, 0.3) is 0 Å². The largest absolute Gasteiger partial charge is 0.391 e. The fourth-order valence-electron chi connectivity index (χ4n) is 2.74. The summed E-state index contributed by atoms with van der Waals surface area (Å²) in [5, 5.41) is 8.96. The van der Waals surface area contributed by atoms with Gasteiger partial charge in [-0.1, -0.05) is 12.1 Å². The van der Waals surface area contributed by atoms with Gasteiger partial charge >= 0.3 is 0 Å². The third kappa shape index (κ3) is 4.20. The molecule has 0 aromatic heterocycles. The molecule has 2 rings (SSSR count). The Morgan fingerprint density at radius 1 is 1.00 bits per heavy atom. The van der Waals surface area contributed by atoms with Crippen LogP contribution in [0, 0.1) is 0 Å². The van der Waals surface area contributed by atoms with E-state index < -0.39 is 0 Å². The average molecular weight is 265 g/mol. The Hall–Kier alpha value is -1.10. The number of quaternary nitrogens is 2. The number of hydrogen-bond donors (Lipinski definition) is 3. The van der Waals surface area contributed by atoms with Gasteiger partial charge < -0.3 is 19.8 Å². The number of aliphatic hydroxyl groups is 1. The summed E-state index contributed by atoms with van der Waals surface area (Å²) in [5.41, 5.74) is 2.68. The van der Waals surface area contributed by atoms with E-state index in [0.29, 0.717) is 6.61 Å². The maximum Gasteiger partial charge on any atom is 0.127 e. The smallest absolute Gasteiger partial charge is 0.127 e. The van der Waals surface area contributed by atoms with Crippen molar-refractivity contribution >= 4 is 5.69 Å². The minimum absolute atomic E-state index is 0.316. The summed E-state index contributed by atoms with van der Waals surface area (Å²) >= 11 is 0. The van der Waals surface area contributed by atoms with E-state index >= 15 is 0 Å². The highest BCUT2D eigenvalue weighted by atomic mass is 16.3. The van der Waals surface area contributed by atoms with Crippen LogP contribution in [-0.2, 0) is 6.54 Å². The van der Waals surface area contributed by atoms with E-state index in [0.717, 1.165) is 13.1 Å². The van der Waals surface area contributed by atoms with Gasteiger partial charge in [0.1, 0.15) is 39.3 Å². The van der Waals surface area contributed by atoms with Crippen LogP contribution in [0.1, 0.15) is 5.56 Å². The number of anilines is 1. The van der Waals surface area contributed by atoms with E-state index in [4.69, 9.17) is 5.11 Å². The Balaban J connectivity index is 1.82. The van der Waals surface area contributed by atoms with Crippen LogP contribution in [0.5, 0.6) is 0 Å². The molecule has 0 radical (unpaired) electrons. The molecule has 1 fully saturated rings. The van der Waals surface area contributed by atoms with Gasteiger partial charge in [-0.15, -0.1) is 0 Å². The highest BCUT2D eigenvalue weighted by molar-refractivity contribution is 5.45. The molecule has 0 unspecified atom stereocenters. The minimum atomic E-state index is 0.316. The summed E-state index contributed by atoms with van der Waals surface area (Å²) in [6.45, 7) is 7.15. The molecule has 1 heterocycles. The molecule has 1 aromatic rings. The number of nitrogens with zero attached hydrogens (tertiary/aromatic N) is 1. The predicted octanol–water partition coefficient (Wildman–Crippen LogP) is -1.97. The van der Waals surface area contributed by atoms with Gasteiger partial charge in [-0.25, -0.2) is 0 Å². The molecule has 0 spiro atoms. The third-order valence-electron chi connectivity index (χ3n) is 4.04. The van der Waals surface area contributed by atoms with Gasteiger partial charge in [0, 0.05) is 25.3 Å². The van der Waals surface area contributed by atoms with Gasteiger partial charge in [-0.2, -0.15) is 0 Å². The van der Waals surface area contributed by atoms with E-state index in [1.807, 2.05) is 0 Å². The van der Waals surface area contributed by atoms with Gasteiger partial charge in [-0.05, 0) is 12.1 Å². The standard InChI is InChI=1S/C15H25N3O/c1-16(2)15-5-3-14(4-6-15)13-18-9-7-17(8-10-18)11-12-19/h3-6,19H,7-13H2,1-2H3/p+2. The number of nitrogens with one attached hydrogen (secondary N) is 2. The van der Waals surface area contributed by atoms with Crippen LogP contribution in [0.2, 0.25) is 0 Å². The fourth-order valence-corrected chi connectivity index (χ4v) is 2.74. The lowest BCUT2D eigenvalue weighted by Gasteiger charge is -2.29. The molecule has 106 valence electrons. The Morgan fingerprint density at radius 3 is 2.11 bits per heavy atom. The van der Waals surface area contributed by atoms with Gasteiger partial charge in [0.05, 0.1) is 6.61 Å². The van der Waals surface area contributed by atoms with Crippen molar-refractivity contribution in [3.63, 3.8) is 0 Å². The zero-order valence-electron chi connectivity index (χ0n) is 12.2. The molecule has 1 aliphatic rings. The topological polar surface area (TPSA) is 32.4 Å². The van der Waals surface area contributed by atoms with Crippen molar-refractivity contribution in [2.75, 3.05) is 58.3 Å². The van der Waals surface area contributed by atoms with Crippen LogP contribution >= 0.6 is 0 Å². The van der Waals surface area contributed by atoms with Crippen molar-refractivity contribution in [1.82, 2.24) is 0 Å². The Morgan fingerprint density at radius 2 is 1.58 bits per heavy atom. The summed E-state index contributed by atoms with van der Waals surface area (Å²) in [6.07, 6.45) is 0. The fraction of sp³-hybridized carbons (Fsp3) is 0.600. The lowest BCUT2D eigenvalue weighted by Crippen LogP contribution is -3.27. The second-order valence-corrected chi connectivity index (χ2v) is 5.71. The van der Waals surface area contributed by atoms with Crippen molar-refractivity contribution in [3.05, 3.63) is 29.8 Å². The Labute approximate surface area is 116 Å². The summed E-state index contributed by atoms with van der Waals surface area (Å²) in [7, 11) is 4.15. The quantitative estimate of drug-likeness (QED) is 0.577. The second kappa shape index (κ2) is 6.89. The van der Waals surface area contributed by atoms with Gasteiger partial charge in [0.2, 0.25) is 0 Å². The van der Waals surface area contributed by atoms with E-state index in [1.165, 1.54) is 37.4 Å².